The van der Waals surface area contributed by atoms with Crippen LogP contribution in [0.2, 0.25) is 5.02 Å². The number of benzene rings is 2. The van der Waals surface area contributed by atoms with Crippen LogP contribution in [0.25, 0.3) is 23.0 Å². The van der Waals surface area contributed by atoms with Gasteiger partial charge in [-0.15, -0.1) is 0 Å². The number of rotatable bonds is 3. The van der Waals surface area contributed by atoms with E-state index in [1.807, 2.05) is 35.0 Å². The van der Waals surface area contributed by atoms with Crippen LogP contribution in [0.1, 0.15) is 17.7 Å². The Morgan fingerprint density at radius 3 is 2.38 bits per heavy atom. The maximum Gasteiger partial charge on any atom is 0.175 e. The first-order valence-electron chi connectivity index (χ1n) is 8.28. The highest BCUT2D eigenvalue weighted by Crippen LogP contribution is 2.33. The number of halogens is 1. The lowest BCUT2D eigenvalue weighted by Crippen LogP contribution is -2.02. The first-order chi connectivity index (χ1) is 12.4. The molecule has 0 saturated heterocycles. The summed E-state index contributed by atoms with van der Waals surface area (Å²) in [7, 11) is -3.23. The number of hydrogen-bond acceptors (Lipinski definition) is 3. The predicted molar refractivity (Wildman–Crippen MR) is 104 cm³/mol. The van der Waals surface area contributed by atoms with E-state index in [4.69, 9.17) is 16.7 Å². The van der Waals surface area contributed by atoms with Crippen molar-refractivity contribution >= 4 is 27.5 Å². The van der Waals surface area contributed by atoms with Crippen molar-refractivity contribution in [2.24, 2.45) is 0 Å². The second-order valence-corrected chi connectivity index (χ2v) is 8.79. The molecule has 0 N–H and O–H groups in total. The SMILES string of the molecule is CS(=O)(=O)c1ccc(-n2nc3c(c2-c2ccc(Cl)cc2)CCC=C3)cc1. The molecule has 0 bridgehead atoms. The zero-order chi connectivity index (χ0) is 18.3. The summed E-state index contributed by atoms with van der Waals surface area (Å²) in [5.74, 6) is 0. The molecule has 1 aliphatic rings. The van der Waals surface area contributed by atoms with Gasteiger partial charge in [0, 0.05) is 22.4 Å². The van der Waals surface area contributed by atoms with Crippen molar-refractivity contribution in [1.82, 2.24) is 9.78 Å². The third kappa shape index (κ3) is 3.08. The van der Waals surface area contributed by atoms with Gasteiger partial charge in [0.1, 0.15) is 0 Å². The normalized spacial score (nSPS) is 13.6. The smallest absolute Gasteiger partial charge is 0.175 e. The predicted octanol–water partition coefficient (Wildman–Crippen LogP) is 4.56. The largest absolute Gasteiger partial charge is 0.232 e. The average Bonchev–Trinajstić information content (AvgIpc) is 3.01. The van der Waals surface area contributed by atoms with Crippen molar-refractivity contribution in [2.75, 3.05) is 6.26 Å². The van der Waals surface area contributed by atoms with E-state index in [9.17, 15) is 8.42 Å². The molecule has 0 spiro atoms. The molecule has 4 rings (SSSR count). The molecule has 0 aliphatic heterocycles. The Kier molecular flexibility index (Phi) is 4.21. The van der Waals surface area contributed by atoms with E-state index in [0.29, 0.717) is 9.92 Å². The number of sulfone groups is 1. The lowest BCUT2D eigenvalue weighted by Gasteiger charge is -2.11. The van der Waals surface area contributed by atoms with E-state index in [0.717, 1.165) is 35.5 Å². The fraction of sp³-hybridized carbons (Fsp3) is 0.150. The highest BCUT2D eigenvalue weighted by molar-refractivity contribution is 7.90. The quantitative estimate of drug-likeness (QED) is 0.665. The van der Waals surface area contributed by atoms with E-state index >= 15 is 0 Å². The second kappa shape index (κ2) is 6.41. The van der Waals surface area contributed by atoms with Crippen LogP contribution >= 0.6 is 11.6 Å². The number of fused-ring (bicyclic) bond motifs is 1. The lowest BCUT2D eigenvalue weighted by molar-refractivity contribution is 0.602. The number of aromatic nitrogens is 2. The maximum atomic E-state index is 11.7. The Balaban J connectivity index is 1.90. The van der Waals surface area contributed by atoms with Crippen LogP contribution in [0.15, 0.2) is 59.5 Å². The van der Waals surface area contributed by atoms with Crippen LogP contribution in [-0.2, 0) is 16.3 Å². The van der Waals surface area contributed by atoms with Gasteiger partial charge in [-0.2, -0.15) is 5.10 Å². The summed E-state index contributed by atoms with van der Waals surface area (Å²) in [5.41, 5.74) is 5.03. The minimum Gasteiger partial charge on any atom is -0.232 e. The summed E-state index contributed by atoms with van der Waals surface area (Å²) >= 11 is 6.04. The summed E-state index contributed by atoms with van der Waals surface area (Å²) < 4.78 is 25.3. The Hall–Kier alpha value is -2.37. The third-order valence-electron chi connectivity index (χ3n) is 4.48. The second-order valence-electron chi connectivity index (χ2n) is 6.34. The minimum absolute atomic E-state index is 0.297. The van der Waals surface area contributed by atoms with Gasteiger partial charge < -0.3 is 0 Å². The molecule has 1 aromatic heterocycles. The van der Waals surface area contributed by atoms with Crippen molar-refractivity contribution in [3.05, 3.63) is 70.9 Å². The van der Waals surface area contributed by atoms with Gasteiger partial charge in [-0.05, 0) is 55.3 Å². The van der Waals surface area contributed by atoms with Gasteiger partial charge in [0.05, 0.1) is 22.0 Å². The van der Waals surface area contributed by atoms with E-state index in [1.165, 1.54) is 11.8 Å². The molecule has 0 saturated carbocycles. The molecule has 6 heteroatoms. The van der Waals surface area contributed by atoms with Crippen molar-refractivity contribution < 1.29 is 8.42 Å². The van der Waals surface area contributed by atoms with Gasteiger partial charge in [0.15, 0.2) is 9.84 Å². The topological polar surface area (TPSA) is 52.0 Å². The first-order valence-corrected chi connectivity index (χ1v) is 10.6. The molecule has 132 valence electrons. The summed E-state index contributed by atoms with van der Waals surface area (Å²) in [6.07, 6.45) is 7.27. The molecule has 0 amide bonds. The molecular formula is C20H17ClN2O2S. The third-order valence-corrected chi connectivity index (χ3v) is 5.86. The Bertz CT molecular complexity index is 1100. The van der Waals surface area contributed by atoms with E-state index in [-0.39, 0.29) is 0 Å². The molecule has 1 heterocycles. The molecule has 26 heavy (non-hydrogen) atoms. The summed E-state index contributed by atoms with van der Waals surface area (Å²) in [5, 5.41) is 5.45. The average molecular weight is 385 g/mol. The monoisotopic (exact) mass is 384 g/mol. The zero-order valence-electron chi connectivity index (χ0n) is 14.2. The zero-order valence-corrected chi connectivity index (χ0v) is 15.8. The van der Waals surface area contributed by atoms with Gasteiger partial charge in [-0.3, -0.25) is 0 Å². The molecule has 4 nitrogen and oxygen atoms in total. The van der Waals surface area contributed by atoms with Crippen molar-refractivity contribution in [3.8, 4) is 16.9 Å². The minimum atomic E-state index is -3.23. The van der Waals surface area contributed by atoms with Crippen LogP contribution in [-0.4, -0.2) is 24.5 Å². The molecule has 0 fully saturated rings. The van der Waals surface area contributed by atoms with Crippen LogP contribution in [0.3, 0.4) is 0 Å². The van der Waals surface area contributed by atoms with Gasteiger partial charge in [0.25, 0.3) is 0 Å². The van der Waals surface area contributed by atoms with Gasteiger partial charge in [-0.1, -0.05) is 29.8 Å². The van der Waals surface area contributed by atoms with Crippen molar-refractivity contribution in [1.29, 1.82) is 0 Å². The number of nitrogens with zero attached hydrogens (tertiary/aromatic N) is 2. The maximum absolute atomic E-state index is 11.7. The fourth-order valence-electron chi connectivity index (χ4n) is 3.20. The van der Waals surface area contributed by atoms with Crippen molar-refractivity contribution in [3.63, 3.8) is 0 Å². The molecule has 1 aliphatic carbocycles. The van der Waals surface area contributed by atoms with E-state index < -0.39 is 9.84 Å². The Morgan fingerprint density at radius 1 is 1.04 bits per heavy atom. The number of allylic oxidation sites excluding steroid dienone is 1. The standard InChI is InChI=1S/C20H17ClN2O2S/c1-26(24,25)17-12-10-16(11-13-17)23-20(14-6-8-15(21)9-7-14)18-4-2-3-5-19(18)22-23/h3,5-13H,2,4H2,1H3. The molecule has 0 radical (unpaired) electrons. The fourth-order valence-corrected chi connectivity index (χ4v) is 3.95. The first kappa shape index (κ1) is 17.1. The molecule has 3 aromatic rings. The van der Waals surface area contributed by atoms with E-state index in [1.54, 1.807) is 24.3 Å². The van der Waals surface area contributed by atoms with Crippen LogP contribution < -0.4 is 0 Å². The highest BCUT2D eigenvalue weighted by Gasteiger charge is 2.20. The molecule has 0 unspecified atom stereocenters. The highest BCUT2D eigenvalue weighted by atomic mass is 35.5. The Labute approximate surface area is 157 Å². The number of hydrogen-bond donors (Lipinski definition) is 0. The van der Waals surface area contributed by atoms with Crippen molar-refractivity contribution in [2.45, 2.75) is 17.7 Å². The molecular weight excluding hydrogens is 368 g/mol. The van der Waals surface area contributed by atoms with Gasteiger partial charge >= 0.3 is 0 Å². The molecule has 0 atom stereocenters. The lowest BCUT2D eigenvalue weighted by atomic mass is 9.98. The van der Waals surface area contributed by atoms with E-state index in [2.05, 4.69) is 6.08 Å². The van der Waals surface area contributed by atoms with Crippen LogP contribution in [0, 0.1) is 0 Å². The Morgan fingerprint density at radius 2 is 1.73 bits per heavy atom. The van der Waals surface area contributed by atoms with Crippen LogP contribution in [0.4, 0.5) is 0 Å². The summed E-state index contributed by atoms with van der Waals surface area (Å²) in [6, 6.07) is 14.5. The summed E-state index contributed by atoms with van der Waals surface area (Å²) in [4.78, 5) is 0.297. The van der Waals surface area contributed by atoms with Crippen LogP contribution in [0.5, 0.6) is 0 Å². The van der Waals surface area contributed by atoms with Gasteiger partial charge in [0.2, 0.25) is 0 Å². The summed E-state index contributed by atoms with van der Waals surface area (Å²) in [6.45, 7) is 0. The van der Waals surface area contributed by atoms with Gasteiger partial charge in [-0.25, -0.2) is 13.1 Å². The molecule has 2 aromatic carbocycles.